The smallest absolute Gasteiger partial charge is 0.115 e. The number of alkyl halides is 1. The molecule has 0 radical (unpaired) electrons. The maximum Gasteiger partial charge on any atom is 0.115 e. The Kier molecular flexibility index (Phi) is 2.63. The lowest BCUT2D eigenvalue weighted by Crippen LogP contribution is -1.78. The van der Waals surface area contributed by atoms with Crippen LogP contribution in [0.4, 0.5) is 4.39 Å². The summed E-state index contributed by atoms with van der Waals surface area (Å²) in [6.07, 6.45) is 0. The van der Waals surface area contributed by atoms with Crippen LogP contribution in [0.2, 0.25) is 0 Å². The summed E-state index contributed by atoms with van der Waals surface area (Å²) in [5.41, 5.74) is 0.641. The van der Waals surface area contributed by atoms with Crippen molar-refractivity contribution in [2.75, 3.05) is 0 Å². The van der Waals surface area contributed by atoms with Crippen LogP contribution in [0.3, 0.4) is 0 Å². The van der Waals surface area contributed by atoms with E-state index >= 15 is 0 Å². The van der Waals surface area contributed by atoms with Crippen molar-refractivity contribution in [2.45, 2.75) is 16.5 Å². The van der Waals surface area contributed by atoms with Crippen molar-refractivity contribution in [3.8, 4) is 0 Å². The van der Waals surface area contributed by atoms with Crippen LogP contribution in [-0.2, 0) is 6.67 Å². The summed E-state index contributed by atoms with van der Waals surface area (Å²) < 4.78 is 12.0. The van der Waals surface area contributed by atoms with Crippen molar-refractivity contribution in [1.82, 2.24) is 0 Å². The molecule has 1 aromatic rings. The second-order valence-corrected chi connectivity index (χ2v) is 2.92. The highest BCUT2D eigenvalue weighted by Crippen LogP contribution is 2.19. The van der Waals surface area contributed by atoms with E-state index < -0.39 is 6.67 Å². The van der Waals surface area contributed by atoms with Gasteiger partial charge >= 0.3 is 0 Å². The van der Waals surface area contributed by atoms with E-state index in [4.69, 9.17) is 0 Å². The highest BCUT2D eigenvalue weighted by Gasteiger charge is 1.95. The molecular formula is C7H7FS2. The van der Waals surface area contributed by atoms with Gasteiger partial charge < -0.3 is 0 Å². The van der Waals surface area contributed by atoms with E-state index in [2.05, 4.69) is 25.3 Å². The molecule has 1 aromatic carbocycles. The van der Waals surface area contributed by atoms with E-state index in [9.17, 15) is 4.39 Å². The van der Waals surface area contributed by atoms with E-state index in [-0.39, 0.29) is 0 Å². The summed E-state index contributed by atoms with van der Waals surface area (Å²) in [6, 6.07) is 5.11. The Bertz CT molecular complexity index is 235. The first-order chi connectivity index (χ1) is 4.74. The predicted molar refractivity (Wildman–Crippen MR) is 45.8 cm³/mol. The average molecular weight is 174 g/mol. The van der Waals surface area contributed by atoms with Crippen LogP contribution in [0.1, 0.15) is 5.56 Å². The van der Waals surface area contributed by atoms with Gasteiger partial charge in [0.2, 0.25) is 0 Å². The maximum atomic E-state index is 12.0. The van der Waals surface area contributed by atoms with Gasteiger partial charge in [-0.25, -0.2) is 4.39 Å². The fourth-order valence-corrected chi connectivity index (χ4v) is 1.03. The van der Waals surface area contributed by atoms with Crippen molar-refractivity contribution in [3.05, 3.63) is 23.8 Å². The van der Waals surface area contributed by atoms with Crippen LogP contribution < -0.4 is 0 Å². The Labute approximate surface area is 70.3 Å². The first kappa shape index (κ1) is 7.95. The summed E-state index contributed by atoms with van der Waals surface area (Å²) >= 11 is 8.16. The van der Waals surface area contributed by atoms with E-state index in [1.807, 2.05) is 0 Å². The van der Waals surface area contributed by atoms with Crippen molar-refractivity contribution in [2.24, 2.45) is 0 Å². The quantitative estimate of drug-likeness (QED) is 0.601. The molecule has 1 rings (SSSR count). The number of hydrogen-bond acceptors (Lipinski definition) is 2. The Morgan fingerprint density at radius 2 is 1.90 bits per heavy atom. The minimum atomic E-state index is -0.443. The molecule has 0 heterocycles. The van der Waals surface area contributed by atoms with Gasteiger partial charge in [-0.2, -0.15) is 0 Å². The zero-order chi connectivity index (χ0) is 7.56. The molecule has 10 heavy (non-hydrogen) atoms. The van der Waals surface area contributed by atoms with Gasteiger partial charge in [0, 0.05) is 9.79 Å². The van der Waals surface area contributed by atoms with Gasteiger partial charge in [-0.15, -0.1) is 25.3 Å². The summed E-state index contributed by atoms with van der Waals surface area (Å²) in [6.45, 7) is -0.443. The molecule has 0 aromatic heterocycles. The summed E-state index contributed by atoms with van der Waals surface area (Å²) in [5.74, 6) is 0. The van der Waals surface area contributed by atoms with Crippen LogP contribution in [0.5, 0.6) is 0 Å². The Morgan fingerprint density at radius 1 is 1.20 bits per heavy atom. The van der Waals surface area contributed by atoms with Crippen LogP contribution in [0.25, 0.3) is 0 Å². The molecule has 0 saturated heterocycles. The predicted octanol–water partition coefficient (Wildman–Crippen LogP) is 2.73. The maximum absolute atomic E-state index is 12.0. The molecule has 0 saturated carbocycles. The zero-order valence-corrected chi connectivity index (χ0v) is 7.00. The molecular weight excluding hydrogens is 167 g/mol. The molecule has 0 N–H and O–H groups in total. The fourth-order valence-electron chi connectivity index (χ4n) is 0.652. The molecule has 0 aliphatic heterocycles. The molecule has 0 amide bonds. The molecule has 0 aliphatic rings. The second kappa shape index (κ2) is 3.30. The van der Waals surface area contributed by atoms with E-state index in [1.165, 1.54) is 0 Å². The number of thiol groups is 2. The summed E-state index contributed by atoms with van der Waals surface area (Å²) in [5, 5.41) is 0. The summed E-state index contributed by atoms with van der Waals surface area (Å²) in [4.78, 5) is 1.50. The fraction of sp³-hybridized carbons (Fsp3) is 0.143. The van der Waals surface area contributed by atoms with E-state index in [1.54, 1.807) is 18.2 Å². The zero-order valence-electron chi connectivity index (χ0n) is 5.21. The van der Waals surface area contributed by atoms with Crippen molar-refractivity contribution in [1.29, 1.82) is 0 Å². The highest BCUT2D eigenvalue weighted by atomic mass is 32.1. The minimum absolute atomic E-state index is 0.443. The lowest BCUT2D eigenvalue weighted by molar-refractivity contribution is 0.484. The molecule has 0 atom stereocenters. The van der Waals surface area contributed by atoms with Crippen molar-refractivity contribution < 1.29 is 4.39 Å². The van der Waals surface area contributed by atoms with Gasteiger partial charge in [0.15, 0.2) is 0 Å². The van der Waals surface area contributed by atoms with Crippen LogP contribution in [0, 0.1) is 0 Å². The van der Waals surface area contributed by atoms with Crippen molar-refractivity contribution in [3.63, 3.8) is 0 Å². The van der Waals surface area contributed by atoms with Crippen LogP contribution in [0.15, 0.2) is 28.0 Å². The molecule has 0 aliphatic carbocycles. The molecule has 0 bridgehead atoms. The number of hydrogen-bond donors (Lipinski definition) is 2. The topological polar surface area (TPSA) is 0 Å². The van der Waals surface area contributed by atoms with Gasteiger partial charge in [-0.3, -0.25) is 0 Å². The SMILES string of the molecule is FCc1ccc(S)c(S)c1. The van der Waals surface area contributed by atoms with Gasteiger partial charge in [0.05, 0.1) is 0 Å². The van der Waals surface area contributed by atoms with Gasteiger partial charge in [0.25, 0.3) is 0 Å². The van der Waals surface area contributed by atoms with Gasteiger partial charge in [-0.1, -0.05) is 6.07 Å². The number of benzene rings is 1. The third-order valence-corrected chi connectivity index (χ3v) is 2.13. The standard InChI is InChI=1S/C7H7FS2/c8-4-5-1-2-6(9)7(10)3-5/h1-3,9-10H,4H2. The Morgan fingerprint density at radius 3 is 2.40 bits per heavy atom. The Hall–Kier alpha value is -0.150. The first-order valence-electron chi connectivity index (χ1n) is 2.81. The van der Waals surface area contributed by atoms with Crippen molar-refractivity contribution >= 4 is 25.3 Å². The van der Waals surface area contributed by atoms with E-state index in [0.717, 1.165) is 9.79 Å². The number of halogens is 1. The molecule has 0 fully saturated rings. The Balaban J connectivity index is 3.04. The monoisotopic (exact) mass is 174 g/mol. The summed E-state index contributed by atoms with van der Waals surface area (Å²) in [7, 11) is 0. The van der Waals surface area contributed by atoms with Gasteiger partial charge in [-0.05, 0) is 17.7 Å². The van der Waals surface area contributed by atoms with Crippen LogP contribution >= 0.6 is 25.3 Å². The molecule has 0 spiro atoms. The minimum Gasteiger partial charge on any atom is -0.246 e. The molecule has 0 nitrogen and oxygen atoms in total. The number of rotatable bonds is 1. The van der Waals surface area contributed by atoms with Gasteiger partial charge in [0.1, 0.15) is 6.67 Å². The first-order valence-corrected chi connectivity index (χ1v) is 3.70. The van der Waals surface area contributed by atoms with E-state index in [0.29, 0.717) is 5.56 Å². The molecule has 0 unspecified atom stereocenters. The third kappa shape index (κ3) is 1.67. The second-order valence-electron chi connectivity index (χ2n) is 1.96. The lowest BCUT2D eigenvalue weighted by Gasteiger charge is -1.98. The largest absolute Gasteiger partial charge is 0.246 e. The third-order valence-electron chi connectivity index (χ3n) is 1.19. The molecule has 54 valence electrons. The highest BCUT2D eigenvalue weighted by molar-refractivity contribution is 7.83. The van der Waals surface area contributed by atoms with Crippen LogP contribution in [-0.4, -0.2) is 0 Å². The average Bonchev–Trinajstić information content (AvgIpc) is 1.95. The molecule has 3 heteroatoms. The normalized spacial score (nSPS) is 9.90. The lowest BCUT2D eigenvalue weighted by atomic mass is 10.2.